The van der Waals surface area contributed by atoms with Gasteiger partial charge in [-0.05, 0) is 40.4 Å². The van der Waals surface area contributed by atoms with Crippen molar-refractivity contribution in [3.8, 4) is 0 Å². The molecule has 0 unspecified atom stereocenters. The molecule has 3 nitrogen and oxygen atoms in total. The molecule has 0 spiro atoms. The molecule has 0 saturated carbocycles. The molecule has 4 heteroatoms. The van der Waals surface area contributed by atoms with Crippen LogP contribution in [-0.4, -0.2) is 27.6 Å². The van der Waals surface area contributed by atoms with E-state index in [0.717, 1.165) is 5.57 Å². The third-order valence-corrected chi connectivity index (χ3v) is 2.55. The second-order valence-corrected chi connectivity index (χ2v) is 10.3. The third kappa shape index (κ3) is 8.04. The van der Waals surface area contributed by atoms with Gasteiger partial charge >= 0.3 is 0 Å². The van der Waals surface area contributed by atoms with E-state index >= 15 is 0 Å². The average molecular weight is 258 g/mol. The van der Waals surface area contributed by atoms with Crippen LogP contribution in [0.2, 0.25) is 19.6 Å². The standard InChI is InChI=1S/C13H26O3Si/c1-9-11(10-15-13(2,3)4)12(14-5)16-17(6,7)8/h9H,1,10H2,2-8H3/b12-11+. The van der Waals surface area contributed by atoms with Gasteiger partial charge in [-0.15, -0.1) is 0 Å². The Morgan fingerprint density at radius 1 is 1.24 bits per heavy atom. The minimum absolute atomic E-state index is 0.188. The predicted octanol–water partition coefficient (Wildman–Crippen LogP) is 3.70. The molecule has 0 N–H and O–H groups in total. The van der Waals surface area contributed by atoms with Gasteiger partial charge in [-0.25, -0.2) is 0 Å². The topological polar surface area (TPSA) is 27.7 Å². The van der Waals surface area contributed by atoms with Crippen LogP contribution in [0.5, 0.6) is 0 Å². The summed E-state index contributed by atoms with van der Waals surface area (Å²) >= 11 is 0. The molecule has 0 fully saturated rings. The lowest BCUT2D eigenvalue weighted by atomic mass is 10.2. The summed E-state index contributed by atoms with van der Waals surface area (Å²) in [5.41, 5.74) is 0.663. The first-order chi connectivity index (χ1) is 7.59. The molecule has 17 heavy (non-hydrogen) atoms. The minimum atomic E-state index is -1.68. The molecule has 0 rings (SSSR count). The normalized spacial score (nSPS) is 14.1. The molecule has 0 amide bonds. The summed E-state index contributed by atoms with van der Waals surface area (Å²) in [5, 5.41) is 0. The zero-order valence-corrected chi connectivity index (χ0v) is 13.2. The quantitative estimate of drug-likeness (QED) is 0.413. The van der Waals surface area contributed by atoms with E-state index in [0.29, 0.717) is 12.6 Å². The molecule has 0 aliphatic carbocycles. The van der Waals surface area contributed by atoms with Gasteiger partial charge < -0.3 is 13.9 Å². The summed E-state index contributed by atoms with van der Waals surface area (Å²) in [6, 6.07) is 0. The van der Waals surface area contributed by atoms with Crippen molar-refractivity contribution in [2.75, 3.05) is 13.7 Å². The molecule has 0 atom stereocenters. The van der Waals surface area contributed by atoms with Crippen molar-refractivity contribution in [1.82, 2.24) is 0 Å². The second-order valence-electron chi connectivity index (χ2n) is 5.84. The molecule has 0 aromatic rings. The van der Waals surface area contributed by atoms with Gasteiger partial charge in [0.2, 0.25) is 8.32 Å². The molecule has 0 saturated heterocycles. The van der Waals surface area contributed by atoms with Crippen molar-refractivity contribution in [2.45, 2.75) is 46.0 Å². The van der Waals surface area contributed by atoms with E-state index in [1.807, 2.05) is 20.8 Å². The maximum Gasteiger partial charge on any atom is 0.270 e. The van der Waals surface area contributed by atoms with E-state index in [-0.39, 0.29) is 5.60 Å². The number of ether oxygens (including phenoxy) is 2. The first-order valence-electron chi connectivity index (χ1n) is 5.81. The fraction of sp³-hybridized carbons (Fsp3) is 0.692. The fourth-order valence-corrected chi connectivity index (χ4v) is 1.78. The first kappa shape index (κ1) is 16.3. The highest BCUT2D eigenvalue weighted by Gasteiger charge is 2.21. The summed E-state index contributed by atoms with van der Waals surface area (Å²) < 4.78 is 16.8. The Balaban J connectivity index is 4.81. The summed E-state index contributed by atoms with van der Waals surface area (Å²) in [6.45, 7) is 16.6. The Kier molecular flexibility index (Phi) is 5.99. The number of rotatable bonds is 6. The van der Waals surface area contributed by atoms with Crippen molar-refractivity contribution in [1.29, 1.82) is 0 Å². The van der Waals surface area contributed by atoms with Crippen LogP contribution in [0.25, 0.3) is 0 Å². The van der Waals surface area contributed by atoms with Gasteiger partial charge in [0.25, 0.3) is 5.95 Å². The average Bonchev–Trinajstić information content (AvgIpc) is 2.13. The van der Waals surface area contributed by atoms with Crippen LogP contribution in [0.4, 0.5) is 0 Å². The highest BCUT2D eigenvalue weighted by Crippen LogP contribution is 2.18. The Morgan fingerprint density at radius 3 is 2.06 bits per heavy atom. The van der Waals surface area contributed by atoms with Crippen LogP contribution in [-0.2, 0) is 13.9 Å². The van der Waals surface area contributed by atoms with Crippen LogP contribution in [0, 0.1) is 0 Å². The highest BCUT2D eigenvalue weighted by molar-refractivity contribution is 6.70. The molecular formula is C13H26O3Si. The van der Waals surface area contributed by atoms with Gasteiger partial charge in [0.05, 0.1) is 24.9 Å². The molecular weight excluding hydrogens is 232 g/mol. The van der Waals surface area contributed by atoms with Crippen LogP contribution in [0.3, 0.4) is 0 Å². The lowest BCUT2D eigenvalue weighted by Crippen LogP contribution is -2.27. The van der Waals surface area contributed by atoms with E-state index in [9.17, 15) is 0 Å². The lowest BCUT2D eigenvalue weighted by molar-refractivity contribution is 0.00807. The highest BCUT2D eigenvalue weighted by atomic mass is 28.4. The Labute approximate surface area is 107 Å². The summed E-state index contributed by atoms with van der Waals surface area (Å²) in [7, 11) is -0.0742. The molecule has 0 radical (unpaired) electrons. The van der Waals surface area contributed by atoms with E-state index in [1.165, 1.54) is 0 Å². The van der Waals surface area contributed by atoms with E-state index in [1.54, 1.807) is 13.2 Å². The SMILES string of the molecule is C=C/C(COC(C)(C)C)=C(/OC)O[Si](C)(C)C. The Bertz CT molecular complexity index is 282. The summed E-state index contributed by atoms with van der Waals surface area (Å²) in [6.07, 6.45) is 1.73. The molecule has 0 heterocycles. The Hall–Kier alpha value is -0.743. The second kappa shape index (κ2) is 6.26. The van der Waals surface area contributed by atoms with Crippen molar-refractivity contribution < 1.29 is 13.9 Å². The van der Waals surface area contributed by atoms with Crippen molar-refractivity contribution in [3.63, 3.8) is 0 Å². The molecule has 0 aromatic carbocycles. The maximum atomic E-state index is 5.85. The minimum Gasteiger partial charge on any atom is -0.519 e. The summed E-state index contributed by atoms with van der Waals surface area (Å²) in [5.74, 6) is 0.531. The van der Waals surface area contributed by atoms with Crippen molar-refractivity contribution in [3.05, 3.63) is 24.2 Å². The van der Waals surface area contributed by atoms with Crippen LogP contribution >= 0.6 is 0 Å². The first-order valence-corrected chi connectivity index (χ1v) is 9.22. The maximum absolute atomic E-state index is 5.85. The van der Waals surface area contributed by atoms with Crippen LogP contribution < -0.4 is 0 Å². The Morgan fingerprint density at radius 2 is 1.76 bits per heavy atom. The smallest absolute Gasteiger partial charge is 0.270 e. The third-order valence-electron chi connectivity index (χ3n) is 1.75. The largest absolute Gasteiger partial charge is 0.519 e. The molecule has 0 aliphatic rings. The number of methoxy groups -OCH3 is 1. The van der Waals surface area contributed by atoms with E-state index in [2.05, 4.69) is 26.2 Å². The van der Waals surface area contributed by atoms with Gasteiger partial charge in [0.1, 0.15) is 0 Å². The number of hydrogen-bond acceptors (Lipinski definition) is 3. The molecule has 0 aromatic heterocycles. The van der Waals surface area contributed by atoms with Gasteiger partial charge in [-0.3, -0.25) is 0 Å². The monoisotopic (exact) mass is 258 g/mol. The van der Waals surface area contributed by atoms with Gasteiger partial charge in [0, 0.05) is 0 Å². The van der Waals surface area contributed by atoms with Gasteiger partial charge in [-0.2, -0.15) is 0 Å². The van der Waals surface area contributed by atoms with Crippen LogP contribution in [0.15, 0.2) is 24.2 Å². The van der Waals surface area contributed by atoms with Crippen molar-refractivity contribution >= 4 is 8.32 Å². The van der Waals surface area contributed by atoms with Gasteiger partial charge in [0.15, 0.2) is 0 Å². The summed E-state index contributed by atoms with van der Waals surface area (Å²) in [4.78, 5) is 0. The molecule has 0 bridgehead atoms. The fourth-order valence-electron chi connectivity index (χ4n) is 1.01. The van der Waals surface area contributed by atoms with Gasteiger partial charge in [-0.1, -0.05) is 12.7 Å². The zero-order valence-electron chi connectivity index (χ0n) is 12.2. The predicted molar refractivity (Wildman–Crippen MR) is 74.4 cm³/mol. The molecule has 0 aliphatic heterocycles. The van der Waals surface area contributed by atoms with E-state index < -0.39 is 8.32 Å². The van der Waals surface area contributed by atoms with Crippen molar-refractivity contribution in [2.24, 2.45) is 0 Å². The zero-order chi connectivity index (χ0) is 13.7. The number of hydrogen-bond donors (Lipinski definition) is 0. The van der Waals surface area contributed by atoms with Crippen LogP contribution in [0.1, 0.15) is 20.8 Å². The van der Waals surface area contributed by atoms with E-state index in [4.69, 9.17) is 13.9 Å². The lowest BCUT2D eigenvalue weighted by Gasteiger charge is -2.24. The molecule has 100 valence electrons.